The zero-order valence-corrected chi connectivity index (χ0v) is 15.8. The number of halogens is 2. The number of fused-ring (bicyclic) bond motifs is 1. The van der Waals surface area contributed by atoms with Crippen molar-refractivity contribution >= 4 is 17.5 Å². The Hall–Kier alpha value is -3.29. The average Bonchev–Trinajstić information content (AvgIpc) is 3.13. The molecule has 0 saturated carbocycles. The molecular formula is C21H21F2N5O. The summed E-state index contributed by atoms with van der Waals surface area (Å²) in [5.41, 5.74) is 2.69. The highest BCUT2D eigenvalue weighted by atomic mass is 19.3. The zero-order chi connectivity index (χ0) is 20.4. The molecule has 0 bridgehead atoms. The quantitative estimate of drug-likeness (QED) is 0.679. The molecule has 2 atom stereocenters. The molecule has 8 heteroatoms. The Kier molecular flexibility index (Phi) is 5.24. The second-order valence-electron chi connectivity index (χ2n) is 7.16. The number of aromatic nitrogens is 3. The summed E-state index contributed by atoms with van der Waals surface area (Å²) in [6.45, 7) is 1.80. The van der Waals surface area contributed by atoms with E-state index in [0.29, 0.717) is 12.1 Å². The second-order valence-corrected chi connectivity index (χ2v) is 7.16. The summed E-state index contributed by atoms with van der Waals surface area (Å²) in [6.07, 6.45) is -1.71. The van der Waals surface area contributed by atoms with Crippen LogP contribution in [0.25, 0.3) is 0 Å². The number of hydrogen-bond acceptors (Lipinski definition) is 4. The fourth-order valence-electron chi connectivity index (χ4n) is 3.49. The van der Waals surface area contributed by atoms with Crippen LogP contribution in [0.4, 0.5) is 20.4 Å². The lowest BCUT2D eigenvalue weighted by molar-refractivity contribution is 0.0662. The maximum Gasteiger partial charge on any atom is 0.295 e. The number of carbonyl (C=O) groups is 1. The van der Waals surface area contributed by atoms with Gasteiger partial charge < -0.3 is 10.6 Å². The number of nitrogens with one attached hydrogen (secondary N) is 2. The van der Waals surface area contributed by atoms with Gasteiger partial charge >= 0.3 is 0 Å². The monoisotopic (exact) mass is 397 g/mol. The standard InChI is InChI=1S/C21H21F2N5O/c1-13-11-17(18(22)23)28-21(24-13)26-19(27-28)20(29)25-16-10-6-5-9-15(16)12-14-7-3-2-4-8-14/h2-10,13,17-18H,11-12H2,1H3,(H,25,29)(H,24,26,27)/t13-,17-/m1/s1. The summed E-state index contributed by atoms with van der Waals surface area (Å²) in [5, 5.41) is 9.87. The van der Waals surface area contributed by atoms with Gasteiger partial charge in [0.25, 0.3) is 12.3 Å². The normalized spacial score (nSPS) is 18.2. The number of hydrogen-bond donors (Lipinski definition) is 2. The van der Waals surface area contributed by atoms with Crippen LogP contribution < -0.4 is 10.6 Å². The van der Waals surface area contributed by atoms with Crippen molar-refractivity contribution in [3.8, 4) is 0 Å². The molecule has 1 aromatic heterocycles. The number of para-hydroxylation sites is 1. The zero-order valence-electron chi connectivity index (χ0n) is 15.8. The van der Waals surface area contributed by atoms with E-state index in [2.05, 4.69) is 20.7 Å². The topological polar surface area (TPSA) is 71.8 Å². The van der Waals surface area contributed by atoms with Crippen molar-refractivity contribution in [2.75, 3.05) is 10.6 Å². The number of alkyl halides is 2. The highest BCUT2D eigenvalue weighted by Gasteiger charge is 2.34. The smallest absolute Gasteiger partial charge is 0.295 e. The van der Waals surface area contributed by atoms with Gasteiger partial charge in [-0.1, -0.05) is 48.5 Å². The summed E-state index contributed by atoms with van der Waals surface area (Å²) in [4.78, 5) is 16.9. The van der Waals surface area contributed by atoms with Crippen LogP contribution in [0.1, 0.15) is 41.1 Å². The SMILES string of the molecule is C[C@@H]1C[C@H](C(F)F)n2nc(C(=O)Nc3ccccc3Cc3ccccc3)nc2N1. The minimum atomic E-state index is -2.58. The van der Waals surface area contributed by atoms with E-state index in [4.69, 9.17) is 0 Å². The van der Waals surface area contributed by atoms with Crippen molar-refractivity contribution in [2.24, 2.45) is 0 Å². The van der Waals surface area contributed by atoms with Crippen LogP contribution in [-0.4, -0.2) is 33.1 Å². The van der Waals surface area contributed by atoms with Gasteiger partial charge in [0.05, 0.1) is 0 Å². The average molecular weight is 397 g/mol. The number of anilines is 2. The summed E-state index contributed by atoms with van der Waals surface area (Å²) in [6, 6.07) is 16.1. The summed E-state index contributed by atoms with van der Waals surface area (Å²) >= 11 is 0. The Balaban J connectivity index is 1.56. The summed E-state index contributed by atoms with van der Waals surface area (Å²) < 4.78 is 27.9. The molecule has 0 aliphatic carbocycles. The van der Waals surface area contributed by atoms with Gasteiger partial charge in [-0.05, 0) is 37.0 Å². The van der Waals surface area contributed by atoms with E-state index in [9.17, 15) is 13.6 Å². The number of nitrogens with zero attached hydrogens (tertiary/aromatic N) is 3. The fourth-order valence-corrected chi connectivity index (χ4v) is 3.49. The van der Waals surface area contributed by atoms with Gasteiger partial charge in [0.15, 0.2) is 0 Å². The molecule has 0 unspecified atom stereocenters. The van der Waals surface area contributed by atoms with Gasteiger partial charge in [0.1, 0.15) is 6.04 Å². The first-order chi connectivity index (χ1) is 14.0. The maximum absolute atomic E-state index is 13.4. The van der Waals surface area contributed by atoms with Crippen LogP contribution in [0.2, 0.25) is 0 Å². The summed E-state index contributed by atoms with van der Waals surface area (Å²) in [5.74, 6) is -0.478. The molecule has 0 saturated heterocycles. The first kappa shape index (κ1) is 19.0. The van der Waals surface area contributed by atoms with Gasteiger partial charge in [-0.25, -0.2) is 13.5 Å². The third kappa shape index (κ3) is 4.11. The van der Waals surface area contributed by atoms with Crippen molar-refractivity contribution in [2.45, 2.75) is 38.3 Å². The predicted molar refractivity (Wildman–Crippen MR) is 106 cm³/mol. The van der Waals surface area contributed by atoms with E-state index in [1.165, 1.54) is 0 Å². The Labute approximate surface area is 167 Å². The van der Waals surface area contributed by atoms with Crippen LogP contribution in [-0.2, 0) is 6.42 Å². The molecule has 1 aliphatic heterocycles. The predicted octanol–water partition coefficient (Wildman–Crippen LogP) is 4.13. The minimum Gasteiger partial charge on any atom is -0.352 e. The molecule has 0 fully saturated rings. The van der Waals surface area contributed by atoms with E-state index in [1.54, 1.807) is 13.0 Å². The van der Waals surface area contributed by atoms with Crippen LogP contribution in [0.5, 0.6) is 0 Å². The molecule has 0 radical (unpaired) electrons. The van der Waals surface area contributed by atoms with Crippen molar-refractivity contribution in [3.05, 3.63) is 71.5 Å². The number of benzene rings is 2. The lowest BCUT2D eigenvalue weighted by Gasteiger charge is -2.28. The molecule has 1 amide bonds. The first-order valence-electron chi connectivity index (χ1n) is 9.45. The molecule has 3 aromatic rings. The highest BCUT2D eigenvalue weighted by Crippen LogP contribution is 2.30. The van der Waals surface area contributed by atoms with E-state index in [1.807, 2.05) is 48.5 Å². The fraction of sp³-hybridized carbons (Fsp3) is 0.286. The van der Waals surface area contributed by atoms with Gasteiger partial charge in [-0.2, -0.15) is 4.98 Å². The maximum atomic E-state index is 13.4. The molecule has 29 heavy (non-hydrogen) atoms. The van der Waals surface area contributed by atoms with E-state index >= 15 is 0 Å². The van der Waals surface area contributed by atoms with Crippen molar-refractivity contribution < 1.29 is 13.6 Å². The Bertz CT molecular complexity index is 1010. The molecule has 4 rings (SSSR count). The first-order valence-corrected chi connectivity index (χ1v) is 9.45. The third-order valence-electron chi connectivity index (χ3n) is 4.91. The molecule has 2 aromatic carbocycles. The van der Waals surface area contributed by atoms with Crippen molar-refractivity contribution in [1.82, 2.24) is 14.8 Å². The van der Waals surface area contributed by atoms with Gasteiger partial charge in [0.2, 0.25) is 11.8 Å². The highest BCUT2D eigenvalue weighted by molar-refractivity contribution is 6.02. The number of carbonyl (C=O) groups excluding carboxylic acids is 1. The second kappa shape index (κ2) is 7.98. The third-order valence-corrected chi connectivity index (χ3v) is 4.91. The van der Waals surface area contributed by atoms with Gasteiger partial charge in [-0.15, -0.1) is 5.10 Å². The van der Waals surface area contributed by atoms with Gasteiger partial charge in [0, 0.05) is 11.7 Å². The Morgan fingerprint density at radius 3 is 2.69 bits per heavy atom. The molecule has 6 nitrogen and oxygen atoms in total. The minimum absolute atomic E-state index is 0.137. The molecule has 0 spiro atoms. The number of amides is 1. The number of rotatable bonds is 5. The summed E-state index contributed by atoms with van der Waals surface area (Å²) in [7, 11) is 0. The van der Waals surface area contributed by atoms with Crippen LogP contribution >= 0.6 is 0 Å². The Morgan fingerprint density at radius 2 is 1.93 bits per heavy atom. The van der Waals surface area contributed by atoms with E-state index in [-0.39, 0.29) is 24.2 Å². The lowest BCUT2D eigenvalue weighted by Crippen LogP contribution is -2.33. The molecule has 1 aliphatic rings. The van der Waals surface area contributed by atoms with E-state index in [0.717, 1.165) is 15.8 Å². The molecule has 150 valence electrons. The van der Waals surface area contributed by atoms with Crippen molar-refractivity contribution in [3.63, 3.8) is 0 Å². The molecule has 2 N–H and O–H groups in total. The van der Waals surface area contributed by atoms with E-state index < -0.39 is 18.4 Å². The molecule has 2 heterocycles. The largest absolute Gasteiger partial charge is 0.352 e. The van der Waals surface area contributed by atoms with Gasteiger partial charge in [-0.3, -0.25) is 4.79 Å². The van der Waals surface area contributed by atoms with Crippen LogP contribution in [0.3, 0.4) is 0 Å². The molecular weight excluding hydrogens is 376 g/mol. The Morgan fingerprint density at radius 1 is 1.21 bits per heavy atom. The lowest BCUT2D eigenvalue weighted by atomic mass is 10.0. The van der Waals surface area contributed by atoms with Crippen LogP contribution in [0.15, 0.2) is 54.6 Å². The van der Waals surface area contributed by atoms with Crippen LogP contribution in [0, 0.1) is 0 Å². The van der Waals surface area contributed by atoms with Crippen molar-refractivity contribution in [1.29, 1.82) is 0 Å².